The van der Waals surface area contributed by atoms with E-state index in [0.29, 0.717) is 25.3 Å². The fourth-order valence-electron chi connectivity index (χ4n) is 4.71. The summed E-state index contributed by atoms with van der Waals surface area (Å²) in [6, 6.07) is 13.3. The molecule has 0 N–H and O–H groups in total. The zero-order valence-electron chi connectivity index (χ0n) is 16.0. The number of fused-ring (bicyclic) bond motifs is 1. The van der Waals surface area contributed by atoms with Crippen LogP contribution in [-0.4, -0.2) is 56.2 Å². The van der Waals surface area contributed by atoms with E-state index in [4.69, 9.17) is 4.52 Å². The van der Waals surface area contributed by atoms with Gasteiger partial charge in [-0.1, -0.05) is 35.5 Å². The first-order valence-electron chi connectivity index (χ1n) is 9.67. The van der Waals surface area contributed by atoms with Gasteiger partial charge >= 0.3 is 0 Å². The maximum absolute atomic E-state index is 13.3. The first-order chi connectivity index (χ1) is 14.1. The number of nitrogens with zero attached hydrogens (tertiary/aromatic N) is 5. The molecule has 0 radical (unpaired) electrons. The van der Waals surface area contributed by atoms with Crippen molar-refractivity contribution in [1.82, 2.24) is 24.7 Å². The number of aromatic nitrogens is 3. The normalized spacial score (nSPS) is 23.4. The lowest BCUT2D eigenvalue weighted by Crippen LogP contribution is -2.38. The molecule has 2 aromatic heterocycles. The van der Waals surface area contributed by atoms with Gasteiger partial charge in [-0.25, -0.2) is 0 Å². The van der Waals surface area contributed by atoms with Gasteiger partial charge in [-0.3, -0.25) is 14.3 Å². The number of likely N-dealkylation sites (tertiary alicyclic amines) is 2. The number of hydrogen-bond acceptors (Lipinski definition) is 5. The van der Waals surface area contributed by atoms with E-state index in [1.165, 1.54) is 6.20 Å². The molecule has 148 valence electrons. The molecule has 4 heterocycles. The molecule has 0 unspecified atom stereocenters. The Morgan fingerprint density at radius 2 is 1.83 bits per heavy atom. The Hall–Kier alpha value is -3.42. The highest BCUT2D eigenvalue weighted by Gasteiger charge is 2.50. The average molecular weight is 391 g/mol. The lowest BCUT2D eigenvalue weighted by Gasteiger charge is -2.29. The van der Waals surface area contributed by atoms with Gasteiger partial charge in [0, 0.05) is 50.8 Å². The molecular formula is C21H21N5O3. The number of rotatable bonds is 3. The smallest absolute Gasteiger partial charge is 0.292 e. The van der Waals surface area contributed by atoms with Crippen LogP contribution in [0, 0.1) is 11.8 Å². The SMILES string of the molecule is Cn1nccc1C(=O)N1C[C@@H]2CN(C(=O)c3ccno3)C[C@@H]2[C@H]1c1ccccc1. The minimum absolute atomic E-state index is 0.0265. The molecule has 2 aliphatic rings. The second kappa shape index (κ2) is 6.88. The van der Waals surface area contributed by atoms with Crippen molar-refractivity contribution in [3.05, 3.63) is 71.9 Å². The molecule has 8 nitrogen and oxygen atoms in total. The van der Waals surface area contributed by atoms with Crippen LogP contribution in [0.15, 0.2) is 59.4 Å². The average Bonchev–Trinajstić information content (AvgIpc) is 3.51. The summed E-state index contributed by atoms with van der Waals surface area (Å²) in [5.41, 5.74) is 1.66. The van der Waals surface area contributed by atoms with Crippen LogP contribution in [0.4, 0.5) is 0 Å². The Balaban J connectivity index is 1.45. The fraction of sp³-hybridized carbons (Fsp3) is 0.333. The van der Waals surface area contributed by atoms with Gasteiger partial charge in [-0.05, 0) is 11.6 Å². The highest BCUT2D eigenvalue weighted by atomic mass is 16.5. The van der Waals surface area contributed by atoms with Crippen molar-refractivity contribution in [2.75, 3.05) is 19.6 Å². The van der Waals surface area contributed by atoms with Gasteiger partial charge < -0.3 is 14.3 Å². The Bertz CT molecular complexity index is 1030. The van der Waals surface area contributed by atoms with E-state index in [1.54, 1.807) is 30.1 Å². The van der Waals surface area contributed by atoms with E-state index in [0.717, 1.165) is 5.56 Å². The summed E-state index contributed by atoms with van der Waals surface area (Å²) in [4.78, 5) is 29.8. The topological polar surface area (TPSA) is 84.5 Å². The summed E-state index contributed by atoms with van der Waals surface area (Å²) in [6.07, 6.45) is 3.12. The van der Waals surface area contributed by atoms with Gasteiger partial charge in [0.05, 0.1) is 12.2 Å². The summed E-state index contributed by atoms with van der Waals surface area (Å²) in [5.74, 6) is 0.462. The molecule has 2 amide bonds. The highest BCUT2D eigenvalue weighted by Crippen LogP contribution is 2.45. The van der Waals surface area contributed by atoms with Crippen molar-refractivity contribution in [2.24, 2.45) is 18.9 Å². The zero-order valence-corrected chi connectivity index (χ0v) is 16.0. The number of carbonyl (C=O) groups excluding carboxylic acids is 2. The Labute approximate surface area is 167 Å². The van der Waals surface area contributed by atoms with Gasteiger partial charge in [-0.15, -0.1) is 0 Å². The molecule has 0 bridgehead atoms. The Kier molecular flexibility index (Phi) is 4.19. The van der Waals surface area contributed by atoms with Gasteiger partial charge in [-0.2, -0.15) is 5.10 Å². The van der Waals surface area contributed by atoms with E-state index >= 15 is 0 Å². The second-order valence-corrected chi connectivity index (χ2v) is 7.66. The van der Waals surface area contributed by atoms with E-state index in [1.807, 2.05) is 28.0 Å². The van der Waals surface area contributed by atoms with Crippen LogP contribution in [0.2, 0.25) is 0 Å². The molecule has 0 aliphatic carbocycles. The molecule has 2 aliphatic heterocycles. The third kappa shape index (κ3) is 2.91. The van der Waals surface area contributed by atoms with Crippen molar-refractivity contribution in [2.45, 2.75) is 6.04 Å². The van der Waals surface area contributed by atoms with Crippen LogP contribution in [0.5, 0.6) is 0 Å². The van der Waals surface area contributed by atoms with Crippen LogP contribution in [0.1, 0.15) is 32.6 Å². The molecular weight excluding hydrogens is 370 g/mol. The number of carbonyl (C=O) groups is 2. The summed E-state index contributed by atoms with van der Waals surface area (Å²) in [7, 11) is 1.78. The lowest BCUT2D eigenvalue weighted by molar-refractivity contribution is 0.0655. The maximum Gasteiger partial charge on any atom is 0.292 e. The van der Waals surface area contributed by atoms with E-state index in [-0.39, 0.29) is 35.5 Å². The fourth-order valence-corrected chi connectivity index (χ4v) is 4.71. The molecule has 2 saturated heterocycles. The minimum Gasteiger partial charge on any atom is -0.351 e. The predicted octanol–water partition coefficient (Wildman–Crippen LogP) is 1.99. The number of amides is 2. The number of hydrogen-bond donors (Lipinski definition) is 0. The Morgan fingerprint density at radius 3 is 2.52 bits per heavy atom. The summed E-state index contributed by atoms with van der Waals surface area (Å²) < 4.78 is 6.66. The molecule has 29 heavy (non-hydrogen) atoms. The molecule has 3 atom stereocenters. The quantitative estimate of drug-likeness (QED) is 0.682. The third-order valence-corrected chi connectivity index (χ3v) is 6.04. The van der Waals surface area contributed by atoms with E-state index in [9.17, 15) is 9.59 Å². The van der Waals surface area contributed by atoms with Gasteiger partial charge in [0.2, 0.25) is 5.76 Å². The second-order valence-electron chi connectivity index (χ2n) is 7.66. The van der Waals surface area contributed by atoms with Crippen LogP contribution < -0.4 is 0 Å². The van der Waals surface area contributed by atoms with Crippen LogP contribution in [0.25, 0.3) is 0 Å². The zero-order chi connectivity index (χ0) is 20.0. The molecule has 2 fully saturated rings. The third-order valence-electron chi connectivity index (χ3n) is 6.04. The van der Waals surface area contributed by atoms with E-state index < -0.39 is 0 Å². The van der Waals surface area contributed by atoms with Crippen LogP contribution >= 0.6 is 0 Å². The maximum atomic E-state index is 13.3. The largest absolute Gasteiger partial charge is 0.351 e. The van der Waals surface area contributed by atoms with Crippen molar-refractivity contribution in [1.29, 1.82) is 0 Å². The predicted molar refractivity (Wildman–Crippen MR) is 103 cm³/mol. The first-order valence-corrected chi connectivity index (χ1v) is 9.67. The van der Waals surface area contributed by atoms with Crippen molar-refractivity contribution < 1.29 is 14.1 Å². The van der Waals surface area contributed by atoms with Gasteiger partial charge in [0.25, 0.3) is 11.8 Å². The summed E-state index contributed by atoms with van der Waals surface area (Å²) >= 11 is 0. The van der Waals surface area contributed by atoms with Crippen LogP contribution in [0.3, 0.4) is 0 Å². The van der Waals surface area contributed by atoms with Crippen LogP contribution in [-0.2, 0) is 7.05 Å². The first kappa shape index (κ1) is 17.7. The highest BCUT2D eigenvalue weighted by molar-refractivity contribution is 5.93. The standard InChI is InChI=1S/C21H21N5O3/c1-24-17(7-9-22-24)20(27)26-12-15-11-25(21(28)18-8-10-23-29-18)13-16(15)19(26)14-5-3-2-4-6-14/h2-10,15-16,19H,11-13H2,1H3/t15-,16-,19+/m0/s1. The minimum atomic E-state index is -0.145. The summed E-state index contributed by atoms with van der Waals surface area (Å²) in [5, 5.41) is 7.78. The van der Waals surface area contributed by atoms with Crippen molar-refractivity contribution >= 4 is 11.8 Å². The molecule has 1 aromatic carbocycles. The molecule has 0 saturated carbocycles. The molecule has 5 rings (SSSR count). The summed E-state index contributed by atoms with van der Waals surface area (Å²) in [6.45, 7) is 1.79. The van der Waals surface area contributed by atoms with E-state index in [2.05, 4.69) is 22.4 Å². The van der Waals surface area contributed by atoms with Gasteiger partial charge in [0.15, 0.2) is 0 Å². The number of benzene rings is 1. The Morgan fingerprint density at radius 1 is 1.00 bits per heavy atom. The monoisotopic (exact) mass is 391 g/mol. The molecule has 0 spiro atoms. The number of aryl methyl sites for hydroxylation is 1. The van der Waals surface area contributed by atoms with Crippen molar-refractivity contribution in [3.63, 3.8) is 0 Å². The lowest BCUT2D eigenvalue weighted by atomic mass is 9.89. The van der Waals surface area contributed by atoms with Gasteiger partial charge in [0.1, 0.15) is 5.69 Å². The molecule has 3 aromatic rings. The molecule has 8 heteroatoms. The van der Waals surface area contributed by atoms with Crippen molar-refractivity contribution in [3.8, 4) is 0 Å².